The van der Waals surface area contributed by atoms with Crippen molar-refractivity contribution in [2.75, 3.05) is 18.8 Å². The maximum absolute atomic E-state index is 6.09. The van der Waals surface area contributed by atoms with Gasteiger partial charge in [0.1, 0.15) is 0 Å². The fourth-order valence-corrected chi connectivity index (χ4v) is 2.19. The van der Waals surface area contributed by atoms with Gasteiger partial charge >= 0.3 is 0 Å². The number of nitrogens with two attached hydrogens (primary N) is 1. The third-order valence-electron chi connectivity index (χ3n) is 3.14. The Labute approximate surface area is 85.5 Å². The van der Waals surface area contributed by atoms with Crippen LogP contribution >= 0.6 is 0 Å². The molecule has 2 rings (SSSR count). The Bertz CT molecular complexity index is 314. The first kappa shape index (κ1) is 9.53. The van der Waals surface area contributed by atoms with Crippen LogP contribution in [0.1, 0.15) is 29.9 Å². The highest BCUT2D eigenvalue weighted by Gasteiger charge is 2.17. The lowest BCUT2D eigenvalue weighted by Crippen LogP contribution is -2.27. The van der Waals surface area contributed by atoms with Crippen LogP contribution < -0.4 is 11.1 Å². The summed E-state index contributed by atoms with van der Waals surface area (Å²) in [6.45, 7) is 4.33. The number of benzene rings is 1. The van der Waals surface area contributed by atoms with Gasteiger partial charge in [0.2, 0.25) is 0 Å². The van der Waals surface area contributed by atoms with E-state index in [9.17, 15) is 0 Å². The molecule has 1 aromatic carbocycles. The maximum Gasteiger partial charge on any atom is 0.0379 e. The summed E-state index contributed by atoms with van der Waals surface area (Å²) in [5, 5.41) is 3.38. The topological polar surface area (TPSA) is 38.0 Å². The van der Waals surface area contributed by atoms with Crippen molar-refractivity contribution in [1.82, 2.24) is 5.32 Å². The van der Waals surface area contributed by atoms with Gasteiger partial charge in [-0.3, -0.25) is 0 Å². The molecule has 1 saturated heterocycles. The van der Waals surface area contributed by atoms with Crippen LogP contribution in [-0.2, 0) is 0 Å². The molecule has 0 aliphatic carbocycles. The fourth-order valence-electron chi connectivity index (χ4n) is 2.19. The van der Waals surface area contributed by atoms with Crippen LogP contribution in [0.3, 0.4) is 0 Å². The smallest absolute Gasteiger partial charge is 0.0379 e. The maximum atomic E-state index is 6.09. The number of hydrogen-bond acceptors (Lipinski definition) is 2. The molecule has 1 aliphatic heterocycles. The van der Waals surface area contributed by atoms with Gasteiger partial charge in [-0.1, -0.05) is 18.2 Å². The highest BCUT2D eigenvalue weighted by atomic mass is 14.9. The predicted molar refractivity (Wildman–Crippen MR) is 60.4 cm³/mol. The Hall–Kier alpha value is -1.02. The van der Waals surface area contributed by atoms with Crippen molar-refractivity contribution in [3.8, 4) is 0 Å². The number of rotatable bonds is 1. The summed E-state index contributed by atoms with van der Waals surface area (Å²) in [5.74, 6) is 0.663. The van der Waals surface area contributed by atoms with Gasteiger partial charge in [-0.2, -0.15) is 0 Å². The summed E-state index contributed by atoms with van der Waals surface area (Å²) in [6.07, 6.45) is 2.43. The summed E-state index contributed by atoms with van der Waals surface area (Å²) in [6, 6.07) is 6.38. The lowest BCUT2D eigenvalue weighted by Gasteiger charge is -2.24. The molecule has 0 radical (unpaired) electrons. The van der Waals surface area contributed by atoms with Crippen molar-refractivity contribution in [2.24, 2.45) is 0 Å². The van der Waals surface area contributed by atoms with Crippen molar-refractivity contribution < 1.29 is 0 Å². The molecule has 1 aliphatic rings. The van der Waals surface area contributed by atoms with Gasteiger partial charge in [-0.25, -0.2) is 0 Å². The van der Waals surface area contributed by atoms with E-state index in [1.54, 1.807) is 0 Å². The Kier molecular flexibility index (Phi) is 2.73. The summed E-state index contributed by atoms with van der Waals surface area (Å²) in [5.41, 5.74) is 9.65. The number of aryl methyl sites for hydroxylation is 1. The predicted octanol–water partition coefficient (Wildman–Crippen LogP) is 2.04. The SMILES string of the molecule is Cc1cccc(C2CCNCC2)c1N. The lowest BCUT2D eigenvalue weighted by molar-refractivity contribution is 0.461. The van der Waals surface area contributed by atoms with Crippen molar-refractivity contribution in [3.63, 3.8) is 0 Å². The molecule has 2 heteroatoms. The van der Waals surface area contributed by atoms with Crippen LogP contribution in [-0.4, -0.2) is 13.1 Å². The normalized spacial score (nSPS) is 18.4. The van der Waals surface area contributed by atoms with Crippen molar-refractivity contribution in [3.05, 3.63) is 29.3 Å². The second-order valence-corrected chi connectivity index (χ2v) is 4.10. The molecule has 0 saturated carbocycles. The first-order valence-corrected chi connectivity index (χ1v) is 5.34. The summed E-state index contributed by atoms with van der Waals surface area (Å²) >= 11 is 0. The average molecular weight is 190 g/mol. The van der Waals surface area contributed by atoms with Crippen LogP contribution in [0.4, 0.5) is 5.69 Å². The molecule has 0 unspecified atom stereocenters. The highest BCUT2D eigenvalue weighted by Crippen LogP contribution is 2.30. The third kappa shape index (κ3) is 1.75. The van der Waals surface area contributed by atoms with E-state index in [2.05, 4.69) is 30.4 Å². The number of nitrogen functional groups attached to an aromatic ring is 1. The first-order chi connectivity index (χ1) is 6.79. The van der Waals surface area contributed by atoms with E-state index in [0.29, 0.717) is 5.92 Å². The van der Waals surface area contributed by atoms with Gasteiger partial charge < -0.3 is 11.1 Å². The number of hydrogen-bond donors (Lipinski definition) is 2. The molecule has 76 valence electrons. The van der Waals surface area contributed by atoms with Crippen LogP contribution in [0.5, 0.6) is 0 Å². The highest BCUT2D eigenvalue weighted by molar-refractivity contribution is 5.54. The molecule has 0 amide bonds. The Morgan fingerprint density at radius 1 is 1.29 bits per heavy atom. The van der Waals surface area contributed by atoms with E-state index in [1.165, 1.54) is 24.0 Å². The molecule has 2 nitrogen and oxygen atoms in total. The number of anilines is 1. The molecular formula is C12H18N2. The standard InChI is InChI=1S/C12H18N2/c1-9-3-2-4-11(12(9)13)10-5-7-14-8-6-10/h2-4,10,14H,5-8,13H2,1H3. The van der Waals surface area contributed by atoms with Crippen molar-refractivity contribution in [1.29, 1.82) is 0 Å². The minimum Gasteiger partial charge on any atom is -0.398 e. The summed E-state index contributed by atoms with van der Waals surface area (Å²) < 4.78 is 0. The zero-order valence-corrected chi connectivity index (χ0v) is 8.72. The number of nitrogens with one attached hydrogen (secondary N) is 1. The molecular weight excluding hydrogens is 172 g/mol. The van der Waals surface area contributed by atoms with E-state index < -0.39 is 0 Å². The molecule has 3 N–H and O–H groups in total. The molecule has 1 aromatic rings. The van der Waals surface area contributed by atoms with Crippen LogP contribution in [0.2, 0.25) is 0 Å². The Morgan fingerprint density at radius 3 is 2.71 bits per heavy atom. The molecule has 14 heavy (non-hydrogen) atoms. The molecule has 0 atom stereocenters. The Morgan fingerprint density at radius 2 is 2.00 bits per heavy atom. The largest absolute Gasteiger partial charge is 0.398 e. The zero-order chi connectivity index (χ0) is 9.97. The monoisotopic (exact) mass is 190 g/mol. The molecule has 1 fully saturated rings. The first-order valence-electron chi connectivity index (χ1n) is 5.34. The fraction of sp³-hybridized carbons (Fsp3) is 0.500. The van der Waals surface area contributed by atoms with Gasteiger partial charge in [-0.15, -0.1) is 0 Å². The average Bonchev–Trinajstić information content (AvgIpc) is 2.23. The van der Waals surface area contributed by atoms with E-state index in [-0.39, 0.29) is 0 Å². The molecule has 0 spiro atoms. The van der Waals surface area contributed by atoms with Gasteiger partial charge in [0.25, 0.3) is 0 Å². The van der Waals surface area contributed by atoms with E-state index >= 15 is 0 Å². The van der Waals surface area contributed by atoms with Crippen LogP contribution in [0, 0.1) is 6.92 Å². The molecule has 0 aromatic heterocycles. The lowest BCUT2D eigenvalue weighted by atomic mass is 9.88. The van der Waals surface area contributed by atoms with Crippen LogP contribution in [0.15, 0.2) is 18.2 Å². The molecule has 0 bridgehead atoms. The minimum atomic E-state index is 0.663. The van der Waals surface area contributed by atoms with Gasteiger partial charge in [0.05, 0.1) is 0 Å². The summed E-state index contributed by atoms with van der Waals surface area (Å²) in [7, 11) is 0. The van der Waals surface area contributed by atoms with Crippen molar-refractivity contribution in [2.45, 2.75) is 25.7 Å². The molecule has 1 heterocycles. The number of para-hydroxylation sites is 1. The Balaban J connectivity index is 2.26. The van der Waals surface area contributed by atoms with Crippen molar-refractivity contribution >= 4 is 5.69 Å². The minimum absolute atomic E-state index is 0.663. The summed E-state index contributed by atoms with van der Waals surface area (Å²) in [4.78, 5) is 0. The second kappa shape index (κ2) is 4.01. The van der Waals surface area contributed by atoms with Gasteiger partial charge in [-0.05, 0) is 49.9 Å². The van der Waals surface area contributed by atoms with Crippen LogP contribution in [0.25, 0.3) is 0 Å². The number of piperidine rings is 1. The van der Waals surface area contributed by atoms with E-state index in [1.807, 2.05) is 0 Å². The van der Waals surface area contributed by atoms with E-state index in [0.717, 1.165) is 18.8 Å². The van der Waals surface area contributed by atoms with Gasteiger partial charge in [0.15, 0.2) is 0 Å². The van der Waals surface area contributed by atoms with E-state index in [4.69, 9.17) is 5.73 Å². The van der Waals surface area contributed by atoms with Gasteiger partial charge in [0, 0.05) is 5.69 Å². The third-order valence-corrected chi connectivity index (χ3v) is 3.14. The second-order valence-electron chi connectivity index (χ2n) is 4.10. The quantitative estimate of drug-likeness (QED) is 0.665. The zero-order valence-electron chi connectivity index (χ0n) is 8.72.